The number of aryl methyl sites for hydroxylation is 2. The third kappa shape index (κ3) is 5.01. The van der Waals surface area contributed by atoms with Gasteiger partial charge < -0.3 is 4.74 Å². The predicted octanol–water partition coefficient (Wildman–Crippen LogP) is 1.60. The topological polar surface area (TPSA) is 128 Å². The number of ether oxygens (including phenoxy) is 1. The van der Waals surface area contributed by atoms with Crippen LogP contribution in [-0.4, -0.2) is 25.9 Å². The Hall–Kier alpha value is -2.98. The van der Waals surface area contributed by atoms with Gasteiger partial charge in [0.2, 0.25) is 0 Å². The largest absolute Gasteiger partial charge is 0.484 e. The van der Waals surface area contributed by atoms with E-state index >= 15 is 0 Å². The number of nitro groups is 1. The van der Waals surface area contributed by atoms with Gasteiger partial charge in [0, 0.05) is 6.07 Å². The van der Waals surface area contributed by atoms with Gasteiger partial charge in [0.25, 0.3) is 21.6 Å². The summed E-state index contributed by atoms with van der Waals surface area (Å²) in [6, 6.07) is 10.2. The minimum Gasteiger partial charge on any atom is -0.484 e. The SMILES string of the molecule is Cc1cc(C)cc(OCC(=O)NNS(=O)(=O)c2ccccc2[N+](=O)[O-])c1. The maximum atomic E-state index is 12.2. The van der Waals surface area contributed by atoms with Gasteiger partial charge in [0.1, 0.15) is 5.75 Å². The fraction of sp³-hybridized carbons (Fsp3) is 0.188. The van der Waals surface area contributed by atoms with Crippen molar-refractivity contribution in [3.63, 3.8) is 0 Å². The molecule has 0 saturated heterocycles. The molecule has 0 heterocycles. The van der Waals surface area contributed by atoms with E-state index in [9.17, 15) is 23.3 Å². The molecule has 0 unspecified atom stereocenters. The van der Waals surface area contributed by atoms with Gasteiger partial charge in [-0.1, -0.05) is 18.2 Å². The van der Waals surface area contributed by atoms with Crippen molar-refractivity contribution in [2.45, 2.75) is 18.7 Å². The van der Waals surface area contributed by atoms with E-state index in [4.69, 9.17) is 4.74 Å². The Balaban J connectivity index is 1.99. The van der Waals surface area contributed by atoms with Crippen molar-refractivity contribution >= 4 is 21.6 Å². The van der Waals surface area contributed by atoms with Gasteiger partial charge in [-0.2, -0.15) is 0 Å². The first-order valence-corrected chi connectivity index (χ1v) is 8.92. The van der Waals surface area contributed by atoms with Crippen LogP contribution >= 0.6 is 0 Å². The molecule has 0 aliphatic heterocycles. The second-order valence-electron chi connectivity index (χ2n) is 5.49. The number of nitro benzene ring substituents is 1. The number of para-hydroxylation sites is 1. The second-order valence-corrected chi connectivity index (χ2v) is 7.14. The highest BCUT2D eigenvalue weighted by Gasteiger charge is 2.25. The summed E-state index contributed by atoms with van der Waals surface area (Å²) in [6.07, 6.45) is 0. The van der Waals surface area contributed by atoms with Crippen molar-refractivity contribution in [2.24, 2.45) is 0 Å². The number of benzene rings is 2. The van der Waals surface area contributed by atoms with E-state index < -0.39 is 38.0 Å². The molecule has 0 spiro atoms. The number of carbonyl (C=O) groups excluding carboxylic acids is 1. The smallest absolute Gasteiger partial charge is 0.289 e. The van der Waals surface area contributed by atoms with Crippen molar-refractivity contribution in [3.8, 4) is 5.75 Å². The van der Waals surface area contributed by atoms with Crippen LogP contribution in [0.4, 0.5) is 5.69 Å². The Labute approximate surface area is 150 Å². The average Bonchev–Trinajstić information content (AvgIpc) is 2.57. The Kier molecular flexibility index (Phi) is 5.90. The molecule has 0 bridgehead atoms. The highest BCUT2D eigenvalue weighted by molar-refractivity contribution is 7.89. The normalized spacial score (nSPS) is 11.0. The number of amides is 1. The fourth-order valence-electron chi connectivity index (χ4n) is 2.22. The third-order valence-electron chi connectivity index (χ3n) is 3.24. The number of hydrazine groups is 1. The molecule has 10 heteroatoms. The lowest BCUT2D eigenvalue weighted by molar-refractivity contribution is -0.387. The molecule has 2 aromatic rings. The summed E-state index contributed by atoms with van der Waals surface area (Å²) in [6.45, 7) is 3.32. The van der Waals surface area contributed by atoms with Crippen molar-refractivity contribution in [1.29, 1.82) is 0 Å². The maximum absolute atomic E-state index is 12.2. The van der Waals surface area contributed by atoms with Crippen LogP contribution in [0, 0.1) is 24.0 Å². The Bertz CT molecular complexity index is 923. The van der Waals surface area contributed by atoms with E-state index in [1.807, 2.05) is 30.2 Å². The van der Waals surface area contributed by atoms with E-state index in [2.05, 4.69) is 0 Å². The molecular weight excluding hydrogens is 362 g/mol. The lowest BCUT2D eigenvalue weighted by Crippen LogP contribution is -2.43. The summed E-state index contributed by atoms with van der Waals surface area (Å²) in [5, 5.41) is 10.9. The van der Waals surface area contributed by atoms with Crippen molar-refractivity contribution in [2.75, 3.05) is 6.61 Å². The zero-order valence-corrected chi connectivity index (χ0v) is 14.9. The van der Waals surface area contributed by atoms with E-state index in [-0.39, 0.29) is 0 Å². The summed E-state index contributed by atoms with van der Waals surface area (Å²) < 4.78 is 29.6. The van der Waals surface area contributed by atoms with Crippen LogP contribution in [0.25, 0.3) is 0 Å². The molecule has 26 heavy (non-hydrogen) atoms. The van der Waals surface area contributed by atoms with Gasteiger partial charge in [0.05, 0.1) is 4.92 Å². The van der Waals surface area contributed by atoms with Crippen LogP contribution in [0.5, 0.6) is 5.75 Å². The van der Waals surface area contributed by atoms with Gasteiger partial charge >= 0.3 is 0 Å². The average molecular weight is 379 g/mol. The molecule has 2 aromatic carbocycles. The van der Waals surface area contributed by atoms with Crippen LogP contribution in [0.2, 0.25) is 0 Å². The predicted molar refractivity (Wildman–Crippen MR) is 93.0 cm³/mol. The zero-order chi connectivity index (χ0) is 19.3. The Morgan fingerprint density at radius 1 is 1.15 bits per heavy atom. The quantitative estimate of drug-likeness (QED) is 0.555. The van der Waals surface area contributed by atoms with Crippen LogP contribution in [-0.2, 0) is 14.8 Å². The second kappa shape index (κ2) is 7.93. The molecule has 0 saturated carbocycles. The molecule has 0 aromatic heterocycles. The summed E-state index contributed by atoms with van der Waals surface area (Å²) in [4.78, 5) is 23.2. The number of nitrogens with one attached hydrogen (secondary N) is 2. The molecule has 0 aliphatic rings. The van der Waals surface area contributed by atoms with Gasteiger partial charge in [-0.05, 0) is 43.2 Å². The highest BCUT2D eigenvalue weighted by atomic mass is 32.2. The van der Waals surface area contributed by atoms with Crippen molar-refractivity contribution in [1.82, 2.24) is 10.3 Å². The summed E-state index contributed by atoms with van der Waals surface area (Å²) >= 11 is 0. The molecule has 1 amide bonds. The van der Waals surface area contributed by atoms with Crippen LogP contribution in [0.15, 0.2) is 47.4 Å². The van der Waals surface area contributed by atoms with E-state index in [0.29, 0.717) is 5.75 Å². The Morgan fingerprint density at radius 2 is 1.77 bits per heavy atom. The molecular formula is C16H17N3O6S. The number of rotatable bonds is 7. The first-order valence-electron chi connectivity index (χ1n) is 7.44. The highest BCUT2D eigenvalue weighted by Crippen LogP contribution is 2.22. The van der Waals surface area contributed by atoms with Crippen LogP contribution in [0.1, 0.15) is 11.1 Å². The Morgan fingerprint density at radius 3 is 2.38 bits per heavy atom. The molecule has 0 fully saturated rings. The molecule has 0 aliphatic carbocycles. The van der Waals surface area contributed by atoms with Crippen molar-refractivity contribution in [3.05, 3.63) is 63.7 Å². The standard InChI is InChI=1S/C16H17N3O6S/c1-11-7-12(2)9-13(8-11)25-10-16(20)17-18-26(23,24)15-6-4-3-5-14(15)19(21)22/h3-9,18H,10H2,1-2H3,(H,17,20). The van der Waals surface area contributed by atoms with Gasteiger partial charge in [-0.15, -0.1) is 4.83 Å². The minimum absolute atomic E-state index is 0.428. The zero-order valence-electron chi connectivity index (χ0n) is 14.1. The number of hydrogen-bond donors (Lipinski definition) is 2. The van der Waals surface area contributed by atoms with Gasteiger partial charge in [-0.25, -0.2) is 8.42 Å². The maximum Gasteiger partial charge on any atom is 0.289 e. The van der Waals surface area contributed by atoms with Gasteiger partial charge in [0.15, 0.2) is 11.5 Å². The summed E-state index contributed by atoms with van der Waals surface area (Å²) in [7, 11) is -4.31. The number of nitrogens with zero attached hydrogens (tertiary/aromatic N) is 1. The first kappa shape index (κ1) is 19.3. The van der Waals surface area contributed by atoms with Crippen molar-refractivity contribution < 1.29 is 22.9 Å². The van der Waals surface area contributed by atoms with Gasteiger partial charge in [-0.3, -0.25) is 20.3 Å². The lowest BCUT2D eigenvalue weighted by Gasteiger charge is -2.10. The van der Waals surface area contributed by atoms with Crippen LogP contribution in [0.3, 0.4) is 0 Å². The molecule has 2 rings (SSSR count). The van der Waals surface area contributed by atoms with E-state index in [1.165, 1.54) is 12.1 Å². The summed E-state index contributed by atoms with van der Waals surface area (Å²) in [5.41, 5.74) is 3.28. The molecule has 0 radical (unpaired) electrons. The lowest BCUT2D eigenvalue weighted by atomic mass is 10.1. The van der Waals surface area contributed by atoms with Crippen LogP contribution < -0.4 is 15.0 Å². The van der Waals surface area contributed by atoms with E-state index in [1.54, 1.807) is 12.1 Å². The number of carbonyl (C=O) groups is 1. The molecule has 138 valence electrons. The molecule has 2 N–H and O–H groups in total. The number of hydrogen-bond acceptors (Lipinski definition) is 6. The fourth-order valence-corrected chi connectivity index (χ4v) is 3.25. The number of sulfonamides is 1. The minimum atomic E-state index is -4.31. The summed E-state index contributed by atoms with van der Waals surface area (Å²) in [5.74, 6) is -0.287. The third-order valence-corrected chi connectivity index (χ3v) is 4.54. The first-order chi connectivity index (χ1) is 12.2. The van der Waals surface area contributed by atoms with E-state index in [0.717, 1.165) is 23.3 Å². The monoisotopic (exact) mass is 379 g/mol. The molecule has 9 nitrogen and oxygen atoms in total. The molecule has 0 atom stereocenters.